The second-order valence-corrected chi connectivity index (χ2v) is 7.60. The zero-order valence-electron chi connectivity index (χ0n) is 18.0. The Hall–Kier alpha value is -3.12. The molecular formula is C24H26ClN3O3. The number of halogens is 1. The molecule has 0 spiro atoms. The molecule has 0 aliphatic heterocycles. The second kappa shape index (κ2) is 10.3. The first-order valence-corrected chi connectivity index (χ1v) is 10.6. The summed E-state index contributed by atoms with van der Waals surface area (Å²) < 4.78 is 5.54. The molecule has 1 aromatic heterocycles. The number of amides is 1. The van der Waals surface area contributed by atoms with E-state index in [-0.39, 0.29) is 19.1 Å². The Bertz CT molecular complexity index is 1070. The summed E-state index contributed by atoms with van der Waals surface area (Å²) >= 11 is 6.23. The molecule has 162 valence electrons. The third kappa shape index (κ3) is 5.33. The van der Waals surface area contributed by atoms with Crippen molar-refractivity contribution in [2.24, 2.45) is 0 Å². The molecule has 7 heteroatoms. The van der Waals surface area contributed by atoms with Crippen LogP contribution >= 0.6 is 11.6 Å². The van der Waals surface area contributed by atoms with Gasteiger partial charge in [-0.1, -0.05) is 41.9 Å². The van der Waals surface area contributed by atoms with E-state index >= 15 is 0 Å². The number of fused-ring (bicyclic) bond motifs is 1. The van der Waals surface area contributed by atoms with Crippen LogP contribution in [-0.2, 0) is 16.1 Å². The molecular weight excluding hydrogens is 414 g/mol. The van der Waals surface area contributed by atoms with Crippen LogP contribution in [0, 0.1) is 0 Å². The molecule has 3 rings (SSSR count). The van der Waals surface area contributed by atoms with E-state index in [0.717, 1.165) is 5.56 Å². The SMILES string of the molecule is CCN(CC)C(=O)CN(C)c1c(C(=O)OCc2ccccc2)cnc2ccc(Cl)cc12. The summed E-state index contributed by atoms with van der Waals surface area (Å²) in [7, 11) is 1.78. The smallest absolute Gasteiger partial charge is 0.342 e. The zero-order chi connectivity index (χ0) is 22.4. The maximum absolute atomic E-state index is 13.0. The number of carbonyl (C=O) groups excluding carboxylic acids is 2. The average molecular weight is 440 g/mol. The van der Waals surface area contributed by atoms with Crippen molar-refractivity contribution in [2.45, 2.75) is 20.5 Å². The van der Waals surface area contributed by atoms with Crippen LogP contribution in [-0.4, -0.2) is 48.4 Å². The molecule has 3 aromatic rings. The molecule has 0 bridgehead atoms. The summed E-state index contributed by atoms with van der Waals surface area (Å²) in [4.78, 5) is 33.6. The van der Waals surface area contributed by atoms with Crippen LogP contribution in [0.1, 0.15) is 29.8 Å². The summed E-state index contributed by atoms with van der Waals surface area (Å²) in [5.41, 5.74) is 2.44. The van der Waals surface area contributed by atoms with Gasteiger partial charge in [0.15, 0.2) is 0 Å². The Labute approximate surface area is 187 Å². The number of benzene rings is 2. The molecule has 6 nitrogen and oxygen atoms in total. The molecule has 0 aliphatic rings. The largest absolute Gasteiger partial charge is 0.457 e. The zero-order valence-corrected chi connectivity index (χ0v) is 18.7. The highest BCUT2D eigenvalue weighted by Crippen LogP contribution is 2.31. The van der Waals surface area contributed by atoms with E-state index in [4.69, 9.17) is 16.3 Å². The summed E-state index contributed by atoms with van der Waals surface area (Å²) in [6, 6.07) is 14.8. The maximum atomic E-state index is 13.0. The van der Waals surface area contributed by atoms with Crippen molar-refractivity contribution in [3.8, 4) is 0 Å². The number of anilines is 1. The van der Waals surface area contributed by atoms with Crippen LogP contribution in [0.5, 0.6) is 0 Å². The number of nitrogens with zero attached hydrogens (tertiary/aromatic N) is 3. The first-order chi connectivity index (χ1) is 14.9. The molecule has 31 heavy (non-hydrogen) atoms. The molecule has 1 heterocycles. The predicted molar refractivity (Wildman–Crippen MR) is 124 cm³/mol. The highest BCUT2D eigenvalue weighted by Gasteiger charge is 2.22. The topological polar surface area (TPSA) is 62.7 Å². The molecule has 0 radical (unpaired) electrons. The number of hydrogen-bond acceptors (Lipinski definition) is 5. The van der Waals surface area contributed by atoms with E-state index in [9.17, 15) is 9.59 Å². The van der Waals surface area contributed by atoms with Gasteiger partial charge in [0.25, 0.3) is 0 Å². The third-order valence-electron chi connectivity index (χ3n) is 5.10. The van der Waals surface area contributed by atoms with Gasteiger partial charge in [-0.2, -0.15) is 0 Å². The van der Waals surface area contributed by atoms with Crippen LogP contribution in [0.25, 0.3) is 10.9 Å². The Morgan fingerprint density at radius 2 is 1.77 bits per heavy atom. The van der Waals surface area contributed by atoms with Gasteiger partial charge >= 0.3 is 5.97 Å². The molecule has 0 saturated carbocycles. The number of carbonyl (C=O) groups is 2. The summed E-state index contributed by atoms with van der Waals surface area (Å²) in [6.07, 6.45) is 1.50. The lowest BCUT2D eigenvalue weighted by Crippen LogP contribution is -2.39. The standard InChI is InChI=1S/C24H26ClN3O3/c1-4-28(5-2)22(29)15-27(3)23-19-13-18(25)11-12-21(19)26-14-20(23)24(30)31-16-17-9-7-6-8-10-17/h6-14H,4-5,15-16H2,1-3H3. The first-order valence-electron chi connectivity index (χ1n) is 10.2. The summed E-state index contributed by atoms with van der Waals surface area (Å²) in [5.74, 6) is -0.529. The molecule has 0 aliphatic carbocycles. The fourth-order valence-electron chi connectivity index (χ4n) is 3.47. The number of rotatable bonds is 8. The van der Waals surface area contributed by atoms with Gasteiger partial charge in [-0.3, -0.25) is 9.78 Å². The van der Waals surface area contributed by atoms with Gasteiger partial charge in [0.1, 0.15) is 12.2 Å². The van der Waals surface area contributed by atoms with E-state index in [1.807, 2.05) is 44.2 Å². The van der Waals surface area contributed by atoms with Crippen LogP contribution in [0.15, 0.2) is 54.7 Å². The molecule has 0 atom stereocenters. The minimum Gasteiger partial charge on any atom is -0.457 e. The van der Waals surface area contributed by atoms with Gasteiger partial charge < -0.3 is 14.5 Å². The minimum absolute atomic E-state index is 0.0249. The predicted octanol–water partition coefficient (Wildman–Crippen LogP) is 4.55. The van der Waals surface area contributed by atoms with Gasteiger partial charge in [-0.15, -0.1) is 0 Å². The van der Waals surface area contributed by atoms with Gasteiger partial charge in [0.05, 0.1) is 17.7 Å². The van der Waals surface area contributed by atoms with Gasteiger partial charge in [-0.05, 0) is 37.6 Å². The number of ether oxygens (including phenoxy) is 1. The summed E-state index contributed by atoms with van der Waals surface area (Å²) in [5, 5.41) is 1.21. The van der Waals surface area contributed by atoms with Crippen LogP contribution < -0.4 is 4.90 Å². The van der Waals surface area contributed by atoms with Gasteiger partial charge in [0.2, 0.25) is 5.91 Å². The van der Waals surface area contributed by atoms with E-state index in [1.165, 1.54) is 6.20 Å². The number of pyridine rings is 1. The van der Waals surface area contributed by atoms with Crippen LogP contribution in [0.3, 0.4) is 0 Å². The van der Waals surface area contributed by atoms with Crippen LogP contribution in [0.2, 0.25) is 5.02 Å². The molecule has 0 N–H and O–H groups in total. The van der Waals surface area contributed by atoms with Gasteiger partial charge in [-0.25, -0.2) is 4.79 Å². The van der Waals surface area contributed by atoms with Gasteiger partial charge in [0, 0.05) is 36.7 Å². The highest BCUT2D eigenvalue weighted by molar-refractivity contribution is 6.31. The lowest BCUT2D eigenvalue weighted by Gasteiger charge is -2.26. The molecule has 0 saturated heterocycles. The Morgan fingerprint density at radius 1 is 1.06 bits per heavy atom. The van der Waals surface area contributed by atoms with Crippen molar-refractivity contribution in [1.82, 2.24) is 9.88 Å². The van der Waals surface area contributed by atoms with Crippen molar-refractivity contribution < 1.29 is 14.3 Å². The summed E-state index contributed by atoms with van der Waals surface area (Å²) in [6.45, 7) is 5.39. The van der Waals surface area contributed by atoms with Crippen molar-refractivity contribution in [3.05, 3.63) is 70.9 Å². The maximum Gasteiger partial charge on any atom is 0.342 e. The number of hydrogen-bond donors (Lipinski definition) is 0. The molecule has 0 unspecified atom stereocenters. The highest BCUT2D eigenvalue weighted by atomic mass is 35.5. The second-order valence-electron chi connectivity index (χ2n) is 7.17. The average Bonchev–Trinajstić information content (AvgIpc) is 2.78. The van der Waals surface area contributed by atoms with E-state index in [2.05, 4.69) is 4.98 Å². The number of aromatic nitrogens is 1. The molecule has 2 aromatic carbocycles. The fourth-order valence-corrected chi connectivity index (χ4v) is 3.64. The fraction of sp³-hybridized carbons (Fsp3) is 0.292. The first kappa shape index (κ1) is 22.6. The van der Waals surface area contributed by atoms with E-state index < -0.39 is 5.97 Å². The molecule has 1 amide bonds. The number of likely N-dealkylation sites (N-methyl/N-ethyl adjacent to an activating group) is 2. The third-order valence-corrected chi connectivity index (χ3v) is 5.34. The Kier molecular flexibility index (Phi) is 7.47. The van der Waals surface area contributed by atoms with Crippen molar-refractivity contribution in [3.63, 3.8) is 0 Å². The van der Waals surface area contributed by atoms with Crippen molar-refractivity contribution >= 4 is 40.1 Å². The Balaban J connectivity index is 1.96. The quantitative estimate of drug-likeness (QED) is 0.482. The molecule has 0 fully saturated rings. The normalized spacial score (nSPS) is 10.7. The lowest BCUT2D eigenvalue weighted by molar-refractivity contribution is -0.129. The number of esters is 1. The van der Waals surface area contributed by atoms with Crippen molar-refractivity contribution in [2.75, 3.05) is 31.6 Å². The monoisotopic (exact) mass is 439 g/mol. The van der Waals surface area contributed by atoms with E-state index in [0.29, 0.717) is 40.3 Å². The van der Waals surface area contributed by atoms with Crippen LogP contribution in [0.4, 0.5) is 5.69 Å². The van der Waals surface area contributed by atoms with Crippen molar-refractivity contribution in [1.29, 1.82) is 0 Å². The Morgan fingerprint density at radius 3 is 2.45 bits per heavy atom. The minimum atomic E-state index is -0.504. The lowest BCUT2D eigenvalue weighted by atomic mass is 10.1. The van der Waals surface area contributed by atoms with E-state index in [1.54, 1.807) is 35.0 Å².